The Morgan fingerprint density at radius 1 is 0.821 bits per heavy atom. The van der Waals surface area contributed by atoms with E-state index in [1.807, 2.05) is 35.2 Å². The van der Waals surface area contributed by atoms with Gasteiger partial charge < -0.3 is 24.8 Å². The van der Waals surface area contributed by atoms with E-state index < -0.39 is 0 Å². The van der Waals surface area contributed by atoms with E-state index in [9.17, 15) is 14.0 Å². The molecule has 39 heavy (non-hydrogen) atoms. The zero-order valence-corrected chi connectivity index (χ0v) is 22.4. The van der Waals surface area contributed by atoms with Crippen LogP contribution in [0.5, 0.6) is 5.75 Å². The molecule has 5 rings (SSSR count). The predicted molar refractivity (Wildman–Crippen MR) is 152 cm³/mol. The molecule has 0 aromatic heterocycles. The van der Waals surface area contributed by atoms with Crippen LogP contribution in [-0.4, -0.2) is 63.1 Å². The molecule has 0 spiro atoms. The van der Waals surface area contributed by atoms with E-state index in [-0.39, 0.29) is 24.1 Å². The second-order valence-electron chi connectivity index (χ2n) is 10.1. The predicted octanol–water partition coefficient (Wildman–Crippen LogP) is 4.97. The summed E-state index contributed by atoms with van der Waals surface area (Å²) in [6, 6.07) is 19.5. The van der Waals surface area contributed by atoms with Gasteiger partial charge in [0.05, 0.1) is 24.8 Å². The molecule has 2 fully saturated rings. The third-order valence-electron chi connectivity index (χ3n) is 7.48. The first-order chi connectivity index (χ1) is 19.0. The lowest BCUT2D eigenvalue weighted by Gasteiger charge is -2.39. The summed E-state index contributed by atoms with van der Waals surface area (Å²) in [6.45, 7) is 4.62. The number of benzene rings is 3. The van der Waals surface area contributed by atoms with Gasteiger partial charge in [0.15, 0.2) is 0 Å². The van der Waals surface area contributed by atoms with Crippen molar-refractivity contribution in [3.63, 3.8) is 0 Å². The fourth-order valence-electron chi connectivity index (χ4n) is 5.40. The molecule has 0 unspecified atom stereocenters. The molecule has 2 aliphatic rings. The second kappa shape index (κ2) is 12.2. The van der Waals surface area contributed by atoms with Crippen molar-refractivity contribution >= 4 is 28.9 Å². The molecule has 8 heteroatoms. The highest BCUT2D eigenvalue weighted by Crippen LogP contribution is 2.32. The van der Waals surface area contributed by atoms with Crippen LogP contribution in [0.2, 0.25) is 0 Å². The number of halogens is 1. The maximum absolute atomic E-state index is 13.7. The van der Waals surface area contributed by atoms with E-state index >= 15 is 0 Å². The number of nitrogens with zero attached hydrogens (tertiary/aromatic N) is 3. The number of ether oxygens (including phenoxy) is 1. The number of piperazine rings is 1. The average Bonchev–Trinajstić information content (AvgIpc) is 2.98. The molecule has 2 amide bonds. The van der Waals surface area contributed by atoms with Crippen LogP contribution in [0.1, 0.15) is 35.2 Å². The van der Waals surface area contributed by atoms with Crippen molar-refractivity contribution < 1.29 is 18.7 Å². The minimum Gasteiger partial charge on any atom is -0.495 e. The first-order valence-electron chi connectivity index (χ1n) is 13.6. The number of carbonyl (C=O) groups excluding carboxylic acids is 2. The van der Waals surface area contributed by atoms with Crippen molar-refractivity contribution in [1.82, 2.24) is 4.90 Å². The van der Waals surface area contributed by atoms with Gasteiger partial charge in [-0.3, -0.25) is 9.59 Å². The number of carbonyl (C=O) groups is 2. The van der Waals surface area contributed by atoms with Crippen LogP contribution < -0.4 is 19.9 Å². The summed E-state index contributed by atoms with van der Waals surface area (Å²) in [7, 11) is 1.69. The van der Waals surface area contributed by atoms with Gasteiger partial charge in [0.1, 0.15) is 11.6 Å². The van der Waals surface area contributed by atoms with Crippen molar-refractivity contribution in [2.45, 2.75) is 25.7 Å². The number of hydrogen-bond donors (Lipinski definition) is 1. The number of para-hydroxylation sites is 2. The number of hydrogen-bond acceptors (Lipinski definition) is 5. The summed E-state index contributed by atoms with van der Waals surface area (Å²) < 4.78 is 18.8. The summed E-state index contributed by atoms with van der Waals surface area (Å²) in [5, 5.41) is 2.93. The largest absolute Gasteiger partial charge is 0.495 e. The quantitative estimate of drug-likeness (QED) is 0.468. The number of methoxy groups -OCH3 is 1. The Kier molecular flexibility index (Phi) is 8.30. The SMILES string of the molecule is COc1ccccc1N1CCN(c2ccc(NC(=O)Cc3ccc(F)cc3)cc2C(=O)N2CCCCC2)CC1. The third kappa shape index (κ3) is 6.33. The van der Waals surface area contributed by atoms with E-state index in [1.54, 1.807) is 25.3 Å². The third-order valence-corrected chi connectivity index (χ3v) is 7.48. The van der Waals surface area contributed by atoms with E-state index in [0.29, 0.717) is 11.3 Å². The summed E-state index contributed by atoms with van der Waals surface area (Å²) in [5.74, 6) is 0.314. The van der Waals surface area contributed by atoms with Crippen LogP contribution in [-0.2, 0) is 11.2 Å². The van der Waals surface area contributed by atoms with E-state index in [1.165, 1.54) is 12.1 Å². The molecule has 204 valence electrons. The molecule has 2 saturated heterocycles. The fraction of sp³-hybridized carbons (Fsp3) is 0.355. The van der Waals surface area contributed by atoms with Gasteiger partial charge in [0.2, 0.25) is 5.91 Å². The highest BCUT2D eigenvalue weighted by Gasteiger charge is 2.26. The molecule has 0 bridgehead atoms. The van der Waals surface area contributed by atoms with E-state index in [4.69, 9.17) is 4.74 Å². The standard InChI is InChI=1S/C31H35FN4O3/c1-39-29-8-4-3-7-28(29)35-19-17-34(18-20-35)27-14-13-25(22-26(27)31(38)36-15-5-2-6-16-36)33-30(37)21-23-9-11-24(32)12-10-23/h3-4,7-14,22H,2,5-6,15-21H2,1H3,(H,33,37). The van der Waals surface area contributed by atoms with Gasteiger partial charge in [-0.25, -0.2) is 4.39 Å². The van der Waals surface area contributed by atoms with E-state index in [0.717, 1.165) is 81.2 Å². The number of nitrogens with one attached hydrogen (secondary N) is 1. The van der Waals surface area contributed by atoms with Crippen molar-refractivity contribution in [2.75, 3.05) is 61.5 Å². The molecule has 1 N–H and O–H groups in total. The molecule has 0 radical (unpaired) electrons. The topological polar surface area (TPSA) is 65.1 Å². The lowest BCUT2D eigenvalue weighted by molar-refractivity contribution is -0.115. The van der Waals surface area contributed by atoms with Crippen molar-refractivity contribution in [2.24, 2.45) is 0 Å². The molecule has 2 heterocycles. The normalized spacial score (nSPS) is 15.7. The number of piperidine rings is 1. The van der Waals surface area contributed by atoms with Gasteiger partial charge >= 0.3 is 0 Å². The molecule has 7 nitrogen and oxygen atoms in total. The monoisotopic (exact) mass is 530 g/mol. The Labute approximate surface area is 229 Å². The maximum Gasteiger partial charge on any atom is 0.256 e. The Morgan fingerprint density at radius 2 is 1.49 bits per heavy atom. The Bertz CT molecular complexity index is 1300. The van der Waals surface area contributed by atoms with Crippen LogP contribution >= 0.6 is 0 Å². The molecule has 0 atom stereocenters. The highest BCUT2D eigenvalue weighted by atomic mass is 19.1. The Morgan fingerprint density at radius 3 is 2.18 bits per heavy atom. The highest BCUT2D eigenvalue weighted by molar-refractivity contribution is 6.02. The van der Waals surface area contributed by atoms with E-state index in [2.05, 4.69) is 21.2 Å². The Balaban J connectivity index is 1.34. The minimum absolute atomic E-state index is 0.00601. The van der Waals surface area contributed by atoms with Gasteiger partial charge in [-0.2, -0.15) is 0 Å². The van der Waals surface area contributed by atoms with Crippen LogP contribution in [0, 0.1) is 5.82 Å². The van der Waals surface area contributed by atoms with Crippen LogP contribution in [0.15, 0.2) is 66.7 Å². The van der Waals surface area contributed by atoms with Gasteiger partial charge in [0.25, 0.3) is 5.91 Å². The number of amides is 2. The van der Waals surface area contributed by atoms with Gasteiger partial charge in [-0.05, 0) is 67.3 Å². The summed E-state index contributed by atoms with van der Waals surface area (Å²) in [4.78, 5) is 32.9. The fourth-order valence-corrected chi connectivity index (χ4v) is 5.40. The summed E-state index contributed by atoms with van der Waals surface area (Å²) in [5.41, 5.74) is 3.88. The molecule has 0 saturated carbocycles. The van der Waals surface area contributed by atoms with Crippen LogP contribution in [0.3, 0.4) is 0 Å². The summed E-state index contributed by atoms with van der Waals surface area (Å²) in [6.07, 6.45) is 3.28. The molecule has 2 aliphatic heterocycles. The first-order valence-corrected chi connectivity index (χ1v) is 13.6. The summed E-state index contributed by atoms with van der Waals surface area (Å²) >= 11 is 0. The van der Waals surface area contributed by atoms with Gasteiger partial charge in [0, 0.05) is 50.6 Å². The van der Waals surface area contributed by atoms with Crippen LogP contribution in [0.4, 0.5) is 21.5 Å². The van der Waals surface area contributed by atoms with Crippen molar-refractivity contribution in [1.29, 1.82) is 0 Å². The number of anilines is 3. The average molecular weight is 531 g/mol. The maximum atomic E-state index is 13.7. The van der Waals surface area contributed by atoms with Gasteiger partial charge in [-0.15, -0.1) is 0 Å². The lowest BCUT2D eigenvalue weighted by Crippen LogP contribution is -2.47. The molecule has 0 aliphatic carbocycles. The smallest absolute Gasteiger partial charge is 0.256 e. The zero-order valence-electron chi connectivity index (χ0n) is 22.4. The van der Waals surface area contributed by atoms with Crippen LogP contribution in [0.25, 0.3) is 0 Å². The molecule has 3 aromatic carbocycles. The molecular formula is C31H35FN4O3. The molecular weight excluding hydrogens is 495 g/mol. The molecule has 3 aromatic rings. The first kappa shape index (κ1) is 26.5. The number of rotatable bonds is 7. The lowest BCUT2D eigenvalue weighted by atomic mass is 10.0. The minimum atomic E-state index is -0.334. The second-order valence-corrected chi connectivity index (χ2v) is 10.1. The Hall–Kier alpha value is -4.07. The van der Waals surface area contributed by atoms with Gasteiger partial charge in [-0.1, -0.05) is 24.3 Å². The van der Waals surface area contributed by atoms with Crippen molar-refractivity contribution in [3.05, 3.63) is 83.7 Å². The zero-order chi connectivity index (χ0) is 27.2. The van der Waals surface area contributed by atoms with Crippen molar-refractivity contribution in [3.8, 4) is 5.75 Å². The number of likely N-dealkylation sites (tertiary alicyclic amines) is 1.